The molecule has 0 spiro atoms. The first kappa shape index (κ1) is 11.1. The van der Waals surface area contributed by atoms with Crippen molar-refractivity contribution in [2.75, 3.05) is 5.73 Å². The highest BCUT2D eigenvalue weighted by atomic mass is 15.1. The predicted octanol–water partition coefficient (Wildman–Crippen LogP) is 3.27. The third-order valence-electron chi connectivity index (χ3n) is 4.48. The standard InChI is InChI=1S/C16H19N3/c17-12-6-7-14(15(8-12)11-4-5-11)16-3-1-2-13-9-18-10-19(13)16/h6-11,16H,1-5,17H2. The number of nitrogens with two attached hydrogens (primary N) is 1. The lowest BCUT2D eigenvalue weighted by Crippen LogP contribution is -2.19. The number of rotatable bonds is 2. The molecular weight excluding hydrogens is 234 g/mol. The number of hydrogen-bond acceptors (Lipinski definition) is 2. The van der Waals surface area contributed by atoms with Gasteiger partial charge in [-0.2, -0.15) is 0 Å². The summed E-state index contributed by atoms with van der Waals surface area (Å²) < 4.78 is 2.36. The van der Waals surface area contributed by atoms with E-state index in [0.717, 1.165) is 18.0 Å². The maximum Gasteiger partial charge on any atom is 0.0953 e. The molecule has 0 amide bonds. The van der Waals surface area contributed by atoms with Crippen LogP contribution in [0.4, 0.5) is 5.69 Å². The van der Waals surface area contributed by atoms with Crippen LogP contribution in [0.25, 0.3) is 0 Å². The normalized spacial score (nSPS) is 22.2. The molecule has 2 aromatic rings. The van der Waals surface area contributed by atoms with Crippen molar-refractivity contribution in [2.24, 2.45) is 0 Å². The van der Waals surface area contributed by atoms with E-state index in [0.29, 0.717) is 6.04 Å². The van der Waals surface area contributed by atoms with E-state index in [1.807, 2.05) is 18.6 Å². The quantitative estimate of drug-likeness (QED) is 0.835. The number of nitrogens with zero attached hydrogens (tertiary/aromatic N) is 2. The summed E-state index contributed by atoms with van der Waals surface area (Å²) in [6.45, 7) is 0. The van der Waals surface area contributed by atoms with Gasteiger partial charge in [0.2, 0.25) is 0 Å². The Labute approximate surface area is 113 Å². The molecule has 0 radical (unpaired) electrons. The fraction of sp³-hybridized carbons (Fsp3) is 0.438. The summed E-state index contributed by atoms with van der Waals surface area (Å²) in [6.07, 6.45) is 10.3. The summed E-state index contributed by atoms with van der Waals surface area (Å²) in [5.41, 5.74) is 11.2. The topological polar surface area (TPSA) is 43.8 Å². The molecule has 0 saturated heterocycles. The molecule has 1 saturated carbocycles. The highest BCUT2D eigenvalue weighted by Crippen LogP contribution is 2.45. The lowest BCUT2D eigenvalue weighted by atomic mass is 9.90. The minimum Gasteiger partial charge on any atom is -0.399 e. The zero-order valence-corrected chi connectivity index (χ0v) is 11.0. The number of fused-ring (bicyclic) bond motifs is 1. The Morgan fingerprint density at radius 3 is 2.89 bits per heavy atom. The molecule has 2 heterocycles. The fourth-order valence-corrected chi connectivity index (χ4v) is 3.37. The van der Waals surface area contributed by atoms with Gasteiger partial charge in [-0.1, -0.05) is 6.07 Å². The van der Waals surface area contributed by atoms with Gasteiger partial charge in [0.05, 0.1) is 12.4 Å². The molecule has 0 bridgehead atoms. The van der Waals surface area contributed by atoms with Gasteiger partial charge in [-0.05, 0) is 61.3 Å². The van der Waals surface area contributed by atoms with Gasteiger partial charge in [0, 0.05) is 17.6 Å². The van der Waals surface area contributed by atoms with Gasteiger partial charge in [-0.3, -0.25) is 0 Å². The van der Waals surface area contributed by atoms with Crippen LogP contribution in [0.3, 0.4) is 0 Å². The summed E-state index contributed by atoms with van der Waals surface area (Å²) in [7, 11) is 0. The average molecular weight is 253 g/mol. The Balaban J connectivity index is 1.81. The molecule has 19 heavy (non-hydrogen) atoms. The van der Waals surface area contributed by atoms with Crippen molar-refractivity contribution in [1.82, 2.24) is 9.55 Å². The summed E-state index contributed by atoms with van der Waals surface area (Å²) >= 11 is 0. The fourth-order valence-electron chi connectivity index (χ4n) is 3.37. The summed E-state index contributed by atoms with van der Waals surface area (Å²) in [5, 5.41) is 0. The van der Waals surface area contributed by atoms with Crippen LogP contribution in [-0.4, -0.2) is 9.55 Å². The zero-order valence-electron chi connectivity index (χ0n) is 11.0. The molecule has 98 valence electrons. The Hall–Kier alpha value is -1.77. The van der Waals surface area contributed by atoms with E-state index in [4.69, 9.17) is 5.73 Å². The molecule has 2 N–H and O–H groups in total. The maximum absolute atomic E-state index is 5.98. The second-order valence-corrected chi connectivity index (χ2v) is 5.86. The van der Waals surface area contributed by atoms with Gasteiger partial charge in [-0.15, -0.1) is 0 Å². The van der Waals surface area contributed by atoms with Crippen molar-refractivity contribution in [2.45, 2.75) is 44.1 Å². The molecule has 3 heteroatoms. The number of imidazole rings is 1. The van der Waals surface area contributed by atoms with Gasteiger partial charge >= 0.3 is 0 Å². The van der Waals surface area contributed by atoms with Gasteiger partial charge in [0.1, 0.15) is 0 Å². The first-order valence-electron chi connectivity index (χ1n) is 7.23. The van der Waals surface area contributed by atoms with Gasteiger partial charge in [0.15, 0.2) is 0 Å². The lowest BCUT2D eigenvalue weighted by Gasteiger charge is -2.28. The van der Waals surface area contributed by atoms with Crippen LogP contribution in [0.1, 0.15) is 54.5 Å². The van der Waals surface area contributed by atoms with Crippen molar-refractivity contribution < 1.29 is 0 Å². The molecular formula is C16H19N3. The summed E-state index contributed by atoms with van der Waals surface area (Å²) in [5.74, 6) is 0.743. The van der Waals surface area contributed by atoms with Crippen LogP contribution >= 0.6 is 0 Å². The number of nitrogen functional groups attached to an aromatic ring is 1. The van der Waals surface area contributed by atoms with Crippen LogP contribution < -0.4 is 5.73 Å². The Kier molecular flexibility index (Phi) is 2.40. The van der Waals surface area contributed by atoms with Gasteiger partial charge in [0.25, 0.3) is 0 Å². The monoisotopic (exact) mass is 253 g/mol. The minimum atomic E-state index is 0.461. The number of aryl methyl sites for hydroxylation is 1. The Morgan fingerprint density at radius 1 is 1.16 bits per heavy atom. The first-order chi connectivity index (χ1) is 9.33. The first-order valence-corrected chi connectivity index (χ1v) is 7.23. The molecule has 1 atom stereocenters. The average Bonchev–Trinajstić information content (AvgIpc) is 3.16. The molecule has 3 nitrogen and oxygen atoms in total. The molecule has 1 fully saturated rings. The van der Waals surface area contributed by atoms with Crippen molar-refractivity contribution in [3.8, 4) is 0 Å². The molecule has 1 unspecified atom stereocenters. The van der Waals surface area contributed by atoms with Crippen molar-refractivity contribution >= 4 is 5.69 Å². The number of hydrogen-bond donors (Lipinski definition) is 1. The van der Waals surface area contributed by atoms with Crippen LogP contribution in [0.5, 0.6) is 0 Å². The minimum absolute atomic E-state index is 0.461. The number of anilines is 1. The van der Waals surface area contributed by atoms with E-state index >= 15 is 0 Å². The van der Waals surface area contributed by atoms with Crippen molar-refractivity contribution in [3.05, 3.63) is 47.5 Å². The number of aromatic nitrogens is 2. The third kappa shape index (κ3) is 1.84. The van der Waals surface area contributed by atoms with Gasteiger partial charge in [-0.25, -0.2) is 4.98 Å². The van der Waals surface area contributed by atoms with E-state index in [-0.39, 0.29) is 0 Å². The van der Waals surface area contributed by atoms with Crippen LogP contribution in [0.15, 0.2) is 30.7 Å². The molecule has 1 aliphatic carbocycles. The Bertz CT molecular complexity index is 610. The Morgan fingerprint density at radius 2 is 2.05 bits per heavy atom. The number of benzene rings is 1. The van der Waals surface area contributed by atoms with E-state index in [9.17, 15) is 0 Å². The van der Waals surface area contributed by atoms with Crippen LogP contribution in [0, 0.1) is 0 Å². The van der Waals surface area contributed by atoms with Crippen molar-refractivity contribution in [1.29, 1.82) is 0 Å². The third-order valence-corrected chi connectivity index (χ3v) is 4.48. The largest absolute Gasteiger partial charge is 0.399 e. The van der Waals surface area contributed by atoms with Crippen molar-refractivity contribution in [3.63, 3.8) is 0 Å². The second kappa shape index (κ2) is 4.12. The molecule has 1 aromatic carbocycles. The second-order valence-electron chi connectivity index (χ2n) is 5.86. The van der Waals surface area contributed by atoms with Gasteiger partial charge < -0.3 is 10.3 Å². The lowest BCUT2D eigenvalue weighted by molar-refractivity contribution is 0.455. The molecule has 2 aliphatic rings. The molecule has 4 rings (SSSR count). The van der Waals surface area contributed by atoms with E-state index in [2.05, 4.69) is 21.7 Å². The van der Waals surface area contributed by atoms with Crippen LogP contribution in [0.2, 0.25) is 0 Å². The van der Waals surface area contributed by atoms with E-state index in [1.165, 1.54) is 42.5 Å². The van der Waals surface area contributed by atoms with Crippen LogP contribution in [-0.2, 0) is 6.42 Å². The van der Waals surface area contributed by atoms with E-state index in [1.54, 1.807) is 0 Å². The summed E-state index contributed by atoms with van der Waals surface area (Å²) in [6, 6.07) is 6.94. The zero-order chi connectivity index (χ0) is 12.8. The highest BCUT2D eigenvalue weighted by Gasteiger charge is 2.30. The molecule has 1 aromatic heterocycles. The summed E-state index contributed by atoms with van der Waals surface area (Å²) in [4.78, 5) is 4.33. The van der Waals surface area contributed by atoms with E-state index < -0.39 is 0 Å². The molecule has 1 aliphatic heterocycles. The maximum atomic E-state index is 5.98. The highest BCUT2D eigenvalue weighted by molar-refractivity contribution is 5.48. The predicted molar refractivity (Wildman–Crippen MR) is 76.1 cm³/mol. The SMILES string of the molecule is Nc1ccc(C2CCCc3cncn32)c(C2CC2)c1. The smallest absolute Gasteiger partial charge is 0.0953 e.